The van der Waals surface area contributed by atoms with Gasteiger partial charge in [0.25, 0.3) is 0 Å². The zero-order chi connectivity index (χ0) is 10.8. The van der Waals surface area contributed by atoms with Crippen LogP contribution in [0.2, 0.25) is 0 Å². The molecular weight excluding hydrogens is 198 g/mol. The average molecular weight is 209 g/mol. The quantitative estimate of drug-likeness (QED) is 0.707. The van der Waals surface area contributed by atoms with Gasteiger partial charge in [0.05, 0.1) is 6.21 Å². The lowest BCUT2D eigenvalue weighted by molar-refractivity contribution is 0.0846. The Morgan fingerprint density at radius 2 is 1.62 bits per heavy atom. The number of hydrogen-bond acceptors (Lipinski definition) is 2. The van der Waals surface area contributed by atoms with Crippen molar-refractivity contribution in [3.8, 4) is 0 Å². The molecule has 1 atom stereocenters. The van der Waals surface area contributed by atoms with Crippen LogP contribution < -0.4 is 0 Å². The monoisotopic (exact) mass is 209 g/mol. The van der Waals surface area contributed by atoms with E-state index < -0.39 is 0 Å². The van der Waals surface area contributed by atoms with Crippen LogP contribution in [-0.4, -0.2) is 6.21 Å². The Balaban J connectivity index is 2.09. The zero-order valence-electron chi connectivity index (χ0n) is 8.71. The summed E-state index contributed by atoms with van der Waals surface area (Å²) in [6.07, 6.45) is 1.68. The van der Waals surface area contributed by atoms with E-state index in [1.54, 1.807) is 6.21 Å². The molecular formula is C14H11NO. The number of fused-ring (bicyclic) bond motifs is 1. The van der Waals surface area contributed by atoms with Gasteiger partial charge in [-0.25, -0.2) is 0 Å². The Bertz CT molecular complexity index is 519. The zero-order valence-corrected chi connectivity index (χ0v) is 8.71. The van der Waals surface area contributed by atoms with Crippen molar-refractivity contribution in [2.24, 2.45) is 5.16 Å². The summed E-state index contributed by atoms with van der Waals surface area (Å²) in [5, 5.41) is 3.95. The summed E-state index contributed by atoms with van der Waals surface area (Å²) < 4.78 is 0. The molecule has 0 radical (unpaired) electrons. The molecule has 1 aliphatic heterocycles. The number of nitrogens with zero attached hydrogens (tertiary/aromatic N) is 1. The second-order valence-corrected chi connectivity index (χ2v) is 3.76. The van der Waals surface area contributed by atoms with Crippen molar-refractivity contribution in [3.05, 3.63) is 71.3 Å². The first kappa shape index (κ1) is 9.16. The lowest BCUT2D eigenvalue weighted by Gasteiger charge is -2.20. The van der Waals surface area contributed by atoms with Gasteiger partial charge in [0.1, 0.15) is 0 Å². The van der Waals surface area contributed by atoms with Gasteiger partial charge in [-0.15, -0.1) is 0 Å². The first-order valence-corrected chi connectivity index (χ1v) is 5.28. The Morgan fingerprint density at radius 1 is 0.875 bits per heavy atom. The number of rotatable bonds is 1. The molecule has 0 saturated heterocycles. The third kappa shape index (κ3) is 1.48. The SMILES string of the molecule is C1=NOC(c2ccccc2)c2ccccc21. The molecule has 0 fully saturated rings. The second-order valence-electron chi connectivity index (χ2n) is 3.76. The molecule has 16 heavy (non-hydrogen) atoms. The molecule has 78 valence electrons. The highest BCUT2D eigenvalue weighted by Gasteiger charge is 2.20. The molecule has 0 aromatic heterocycles. The Labute approximate surface area is 94.2 Å². The molecule has 2 nitrogen and oxygen atoms in total. The first-order chi connectivity index (χ1) is 7.95. The molecule has 1 unspecified atom stereocenters. The molecule has 3 rings (SSSR count). The van der Waals surface area contributed by atoms with Gasteiger partial charge in [0.2, 0.25) is 0 Å². The highest BCUT2D eigenvalue weighted by atomic mass is 16.6. The minimum atomic E-state index is -0.0811. The molecule has 2 aromatic rings. The normalized spacial score (nSPS) is 17.6. The maximum Gasteiger partial charge on any atom is 0.178 e. The van der Waals surface area contributed by atoms with Crippen molar-refractivity contribution in [3.63, 3.8) is 0 Å². The fourth-order valence-corrected chi connectivity index (χ4v) is 1.94. The number of hydrogen-bond donors (Lipinski definition) is 0. The van der Waals surface area contributed by atoms with Gasteiger partial charge in [-0.05, 0) is 5.56 Å². The molecule has 0 spiro atoms. The van der Waals surface area contributed by atoms with Crippen molar-refractivity contribution in [2.45, 2.75) is 6.10 Å². The lowest BCUT2D eigenvalue weighted by atomic mass is 9.97. The summed E-state index contributed by atoms with van der Waals surface area (Å²) >= 11 is 0. The molecule has 0 N–H and O–H groups in total. The predicted octanol–water partition coefficient (Wildman–Crippen LogP) is 3.14. The predicted molar refractivity (Wildman–Crippen MR) is 63.4 cm³/mol. The second kappa shape index (κ2) is 3.81. The summed E-state index contributed by atoms with van der Waals surface area (Å²) in [5.74, 6) is 0. The highest BCUT2D eigenvalue weighted by Crippen LogP contribution is 2.30. The van der Waals surface area contributed by atoms with Gasteiger partial charge < -0.3 is 4.84 Å². The van der Waals surface area contributed by atoms with Crippen LogP contribution in [-0.2, 0) is 4.84 Å². The summed E-state index contributed by atoms with van der Waals surface area (Å²) in [6.45, 7) is 0. The minimum absolute atomic E-state index is 0.0811. The van der Waals surface area contributed by atoms with E-state index in [2.05, 4.69) is 29.4 Å². The van der Waals surface area contributed by atoms with Crippen molar-refractivity contribution in [1.29, 1.82) is 0 Å². The average Bonchev–Trinajstić information content (AvgIpc) is 2.39. The molecule has 0 saturated carbocycles. The summed E-state index contributed by atoms with van der Waals surface area (Å²) in [6, 6.07) is 18.3. The van der Waals surface area contributed by atoms with Crippen LogP contribution in [0, 0.1) is 0 Å². The third-order valence-corrected chi connectivity index (χ3v) is 2.74. The van der Waals surface area contributed by atoms with E-state index in [1.807, 2.05) is 30.3 Å². The van der Waals surface area contributed by atoms with Gasteiger partial charge in [-0.3, -0.25) is 0 Å². The standard InChI is InChI=1S/C14H11NO/c1-2-6-11(7-3-1)14-13-9-5-4-8-12(13)10-15-16-14/h1-10,14H. The topological polar surface area (TPSA) is 21.6 Å². The van der Waals surface area contributed by atoms with Crippen molar-refractivity contribution < 1.29 is 4.84 Å². The van der Waals surface area contributed by atoms with Crippen LogP contribution in [0.4, 0.5) is 0 Å². The van der Waals surface area contributed by atoms with Crippen molar-refractivity contribution in [1.82, 2.24) is 0 Å². The van der Waals surface area contributed by atoms with Crippen molar-refractivity contribution >= 4 is 6.21 Å². The maximum absolute atomic E-state index is 5.46. The molecule has 1 heterocycles. The Morgan fingerprint density at radius 3 is 2.50 bits per heavy atom. The van der Waals surface area contributed by atoms with Crippen LogP contribution in [0.3, 0.4) is 0 Å². The molecule has 0 bridgehead atoms. The van der Waals surface area contributed by atoms with E-state index in [0.717, 1.165) is 11.1 Å². The Kier molecular flexibility index (Phi) is 2.18. The summed E-state index contributed by atoms with van der Waals surface area (Å²) in [4.78, 5) is 5.46. The minimum Gasteiger partial charge on any atom is -0.383 e. The van der Waals surface area contributed by atoms with Gasteiger partial charge >= 0.3 is 0 Å². The maximum atomic E-state index is 5.46. The van der Waals surface area contributed by atoms with Crippen LogP contribution in [0.5, 0.6) is 0 Å². The van der Waals surface area contributed by atoms with E-state index in [4.69, 9.17) is 4.84 Å². The van der Waals surface area contributed by atoms with E-state index in [9.17, 15) is 0 Å². The molecule has 2 heteroatoms. The smallest absolute Gasteiger partial charge is 0.178 e. The molecule has 2 aromatic carbocycles. The van der Waals surface area contributed by atoms with Gasteiger partial charge in [-0.2, -0.15) is 0 Å². The van der Waals surface area contributed by atoms with Gasteiger partial charge in [-0.1, -0.05) is 59.8 Å². The van der Waals surface area contributed by atoms with Crippen LogP contribution in [0.1, 0.15) is 22.8 Å². The van der Waals surface area contributed by atoms with E-state index in [-0.39, 0.29) is 6.10 Å². The summed E-state index contributed by atoms with van der Waals surface area (Å²) in [7, 11) is 0. The Hall–Kier alpha value is -2.09. The molecule has 0 amide bonds. The fraction of sp³-hybridized carbons (Fsp3) is 0.0714. The summed E-state index contributed by atoms with van der Waals surface area (Å²) in [5.41, 5.74) is 3.43. The largest absolute Gasteiger partial charge is 0.383 e. The fourth-order valence-electron chi connectivity index (χ4n) is 1.94. The highest BCUT2D eigenvalue weighted by molar-refractivity contribution is 5.82. The van der Waals surface area contributed by atoms with E-state index in [1.165, 1.54) is 5.56 Å². The van der Waals surface area contributed by atoms with Gasteiger partial charge in [0.15, 0.2) is 6.10 Å². The number of oxime groups is 1. The lowest BCUT2D eigenvalue weighted by Crippen LogP contribution is -2.10. The van der Waals surface area contributed by atoms with Crippen LogP contribution in [0.25, 0.3) is 0 Å². The molecule has 1 aliphatic rings. The van der Waals surface area contributed by atoms with E-state index >= 15 is 0 Å². The van der Waals surface area contributed by atoms with Crippen LogP contribution in [0.15, 0.2) is 59.8 Å². The molecule has 0 aliphatic carbocycles. The number of benzene rings is 2. The first-order valence-electron chi connectivity index (χ1n) is 5.28. The van der Waals surface area contributed by atoms with Crippen LogP contribution >= 0.6 is 0 Å². The van der Waals surface area contributed by atoms with Gasteiger partial charge in [0, 0.05) is 11.1 Å². The van der Waals surface area contributed by atoms with Crippen molar-refractivity contribution in [2.75, 3.05) is 0 Å². The van der Waals surface area contributed by atoms with E-state index in [0.29, 0.717) is 0 Å². The third-order valence-electron chi connectivity index (χ3n) is 2.74.